The Balaban J connectivity index is 2.89. The second-order valence-corrected chi connectivity index (χ2v) is 2.91. The smallest absolute Gasteiger partial charge is 0.106 e. The minimum atomic E-state index is -0.615. The maximum absolute atomic E-state index is 9.25. The van der Waals surface area contributed by atoms with Gasteiger partial charge < -0.3 is 5.11 Å². The van der Waals surface area contributed by atoms with Gasteiger partial charge >= 0.3 is 0 Å². The predicted molar refractivity (Wildman–Crippen MR) is 47.1 cm³/mol. The summed E-state index contributed by atoms with van der Waals surface area (Å²) in [6.45, 7) is 3.47. The Bertz CT molecular complexity index is 245. The summed E-state index contributed by atoms with van der Waals surface area (Å²) in [6, 6.07) is 3.57. The number of halogens is 1. The van der Waals surface area contributed by atoms with E-state index in [0.29, 0.717) is 0 Å². The summed E-state index contributed by atoms with van der Waals surface area (Å²) in [5.41, 5.74) is 0.753. The summed E-state index contributed by atoms with van der Waals surface area (Å²) in [7, 11) is 0. The lowest BCUT2D eigenvalue weighted by Crippen LogP contribution is -1.92. The number of aromatic nitrogens is 1. The lowest BCUT2D eigenvalue weighted by Gasteiger charge is -2.03. The summed E-state index contributed by atoms with van der Waals surface area (Å²) in [4.78, 5) is 3.96. The van der Waals surface area contributed by atoms with Gasteiger partial charge in [0.05, 0.1) is 6.10 Å². The van der Waals surface area contributed by atoms with Crippen LogP contribution in [0.15, 0.2) is 35.6 Å². The molecule has 0 fully saturated rings. The molecule has 0 aliphatic heterocycles. The van der Waals surface area contributed by atoms with Crippen LogP contribution in [0.4, 0.5) is 0 Å². The zero-order valence-electron chi connectivity index (χ0n) is 5.87. The molecule has 0 saturated heterocycles. The minimum absolute atomic E-state index is 0.615. The van der Waals surface area contributed by atoms with Crippen LogP contribution in [0.25, 0.3) is 0 Å². The molecule has 58 valence electrons. The Kier molecular flexibility index (Phi) is 2.79. The number of aliphatic hydroxyl groups excluding tert-OH is 1. The molecule has 0 saturated carbocycles. The normalized spacial score (nSPS) is 12.5. The molecule has 1 unspecified atom stereocenters. The van der Waals surface area contributed by atoms with Gasteiger partial charge in [-0.2, -0.15) is 0 Å². The quantitative estimate of drug-likeness (QED) is 0.603. The molecule has 1 N–H and O–H groups in total. The van der Waals surface area contributed by atoms with E-state index in [1.165, 1.54) is 6.08 Å². The fraction of sp³-hybridized carbons (Fsp3) is 0.125. The van der Waals surface area contributed by atoms with Crippen LogP contribution in [0.2, 0.25) is 0 Å². The van der Waals surface area contributed by atoms with Crippen LogP contribution in [-0.2, 0) is 0 Å². The molecule has 0 aromatic carbocycles. The zero-order valence-corrected chi connectivity index (χ0v) is 7.45. The summed E-state index contributed by atoms with van der Waals surface area (Å²) in [6.07, 6.45) is 2.46. The molecule has 1 rings (SSSR count). The van der Waals surface area contributed by atoms with Crippen molar-refractivity contribution in [3.8, 4) is 0 Å². The van der Waals surface area contributed by atoms with Crippen molar-refractivity contribution < 1.29 is 5.11 Å². The van der Waals surface area contributed by atoms with Crippen molar-refractivity contribution in [3.05, 3.63) is 41.2 Å². The molecule has 1 heterocycles. The molecule has 2 nitrogen and oxygen atoms in total. The van der Waals surface area contributed by atoms with Gasteiger partial charge in [-0.15, -0.1) is 6.58 Å². The molecule has 3 heteroatoms. The number of nitrogens with zero attached hydrogens (tertiary/aromatic N) is 1. The van der Waals surface area contributed by atoms with E-state index in [1.54, 1.807) is 18.3 Å². The van der Waals surface area contributed by atoms with Gasteiger partial charge in [-0.3, -0.25) is 0 Å². The Morgan fingerprint density at radius 3 is 2.82 bits per heavy atom. The number of aliphatic hydroxyl groups is 1. The number of hydrogen-bond donors (Lipinski definition) is 1. The van der Waals surface area contributed by atoms with E-state index in [1.807, 2.05) is 0 Å². The second kappa shape index (κ2) is 3.64. The molecule has 0 aliphatic carbocycles. The number of rotatable bonds is 2. The van der Waals surface area contributed by atoms with Crippen LogP contribution >= 0.6 is 15.9 Å². The fourth-order valence-electron chi connectivity index (χ4n) is 0.698. The van der Waals surface area contributed by atoms with Gasteiger partial charge in [0.25, 0.3) is 0 Å². The maximum atomic E-state index is 9.25. The molecule has 0 aliphatic rings. The van der Waals surface area contributed by atoms with E-state index in [4.69, 9.17) is 0 Å². The monoisotopic (exact) mass is 213 g/mol. The van der Waals surface area contributed by atoms with Gasteiger partial charge in [-0.25, -0.2) is 4.98 Å². The summed E-state index contributed by atoms with van der Waals surface area (Å²) in [5, 5.41) is 9.25. The summed E-state index contributed by atoms with van der Waals surface area (Å²) < 4.78 is 0.762. The highest BCUT2D eigenvalue weighted by atomic mass is 79.9. The van der Waals surface area contributed by atoms with E-state index >= 15 is 0 Å². The third-order valence-corrected chi connectivity index (χ3v) is 1.78. The highest BCUT2D eigenvalue weighted by molar-refractivity contribution is 9.10. The standard InChI is InChI=1S/C8H8BrNO/c1-2-7(11)6-3-4-8(9)10-5-6/h2-5,7,11H,1H2. The molecule has 0 bridgehead atoms. The second-order valence-electron chi connectivity index (χ2n) is 2.09. The average Bonchev–Trinajstić information content (AvgIpc) is 2.05. The molecular weight excluding hydrogens is 206 g/mol. The molecule has 1 aromatic rings. The van der Waals surface area contributed by atoms with Crippen molar-refractivity contribution in [2.75, 3.05) is 0 Å². The number of pyridine rings is 1. The van der Waals surface area contributed by atoms with Crippen LogP contribution in [0.5, 0.6) is 0 Å². The van der Waals surface area contributed by atoms with Crippen LogP contribution in [0.1, 0.15) is 11.7 Å². The molecule has 0 radical (unpaired) electrons. The molecule has 0 spiro atoms. The van der Waals surface area contributed by atoms with Crippen molar-refractivity contribution >= 4 is 15.9 Å². The van der Waals surface area contributed by atoms with Crippen LogP contribution < -0.4 is 0 Å². The van der Waals surface area contributed by atoms with E-state index in [2.05, 4.69) is 27.5 Å². The Morgan fingerprint density at radius 2 is 2.36 bits per heavy atom. The van der Waals surface area contributed by atoms with Crippen molar-refractivity contribution in [3.63, 3.8) is 0 Å². The van der Waals surface area contributed by atoms with Crippen molar-refractivity contribution in [2.24, 2.45) is 0 Å². The Labute approximate surface area is 73.7 Å². The van der Waals surface area contributed by atoms with Crippen molar-refractivity contribution in [2.45, 2.75) is 6.10 Å². The Hall–Kier alpha value is -0.670. The largest absolute Gasteiger partial charge is 0.384 e. The third kappa shape index (κ3) is 2.13. The van der Waals surface area contributed by atoms with Gasteiger partial charge in [0.1, 0.15) is 4.60 Å². The highest BCUT2D eigenvalue weighted by Gasteiger charge is 2.01. The fourth-order valence-corrected chi connectivity index (χ4v) is 0.933. The maximum Gasteiger partial charge on any atom is 0.106 e. The zero-order chi connectivity index (χ0) is 8.27. The predicted octanol–water partition coefficient (Wildman–Crippen LogP) is 2.06. The van der Waals surface area contributed by atoms with E-state index < -0.39 is 6.10 Å². The first kappa shape index (κ1) is 8.43. The first-order valence-corrected chi connectivity index (χ1v) is 3.95. The summed E-state index contributed by atoms with van der Waals surface area (Å²) in [5.74, 6) is 0. The topological polar surface area (TPSA) is 33.1 Å². The minimum Gasteiger partial charge on any atom is -0.384 e. The molecule has 1 atom stereocenters. The molecule has 0 amide bonds. The first-order chi connectivity index (χ1) is 5.24. The van der Waals surface area contributed by atoms with E-state index in [-0.39, 0.29) is 0 Å². The Morgan fingerprint density at radius 1 is 1.64 bits per heavy atom. The molecule has 11 heavy (non-hydrogen) atoms. The first-order valence-electron chi connectivity index (χ1n) is 3.16. The van der Waals surface area contributed by atoms with Gasteiger partial charge in [-0.05, 0) is 22.0 Å². The van der Waals surface area contributed by atoms with Gasteiger partial charge in [0.15, 0.2) is 0 Å². The van der Waals surface area contributed by atoms with E-state index in [9.17, 15) is 5.11 Å². The van der Waals surface area contributed by atoms with Crippen molar-refractivity contribution in [1.29, 1.82) is 0 Å². The summed E-state index contributed by atoms with van der Waals surface area (Å²) >= 11 is 3.20. The van der Waals surface area contributed by atoms with Gasteiger partial charge in [0, 0.05) is 11.8 Å². The lowest BCUT2D eigenvalue weighted by atomic mass is 10.2. The van der Waals surface area contributed by atoms with Gasteiger partial charge in [-0.1, -0.05) is 12.1 Å². The lowest BCUT2D eigenvalue weighted by molar-refractivity contribution is 0.228. The van der Waals surface area contributed by atoms with E-state index in [0.717, 1.165) is 10.2 Å². The average molecular weight is 214 g/mol. The highest BCUT2D eigenvalue weighted by Crippen LogP contribution is 2.14. The SMILES string of the molecule is C=CC(O)c1ccc(Br)nc1. The van der Waals surface area contributed by atoms with Crippen LogP contribution in [0, 0.1) is 0 Å². The number of hydrogen-bond acceptors (Lipinski definition) is 2. The molecule has 1 aromatic heterocycles. The molecular formula is C8H8BrNO. The third-order valence-electron chi connectivity index (χ3n) is 1.32. The van der Waals surface area contributed by atoms with Crippen molar-refractivity contribution in [1.82, 2.24) is 4.98 Å². The van der Waals surface area contributed by atoms with Crippen LogP contribution in [0.3, 0.4) is 0 Å². The van der Waals surface area contributed by atoms with Crippen LogP contribution in [-0.4, -0.2) is 10.1 Å². The van der Waals surface area contributed by atoms with Gasteiger partial charge in [0.2, 0.25) is 0 Å².